The molecule has 1 aliphatic rings. The van der Waals surface area contributed by atoms with Gasteiger partial charge in [-0.25, -0.2) is 13.1 Å². The molecule has 1 fully saturated rings. The molecule has 5 N–H and O–H groups in total. The first kappa shape index (κ1) is 19.8. The Kier molecular flexibility index (Phi) is 8.86. The Bertz CT molecular complexity index is 396. The van der Waals surface area contributed by atoms with Gasteiger partial charge < -0.3 is 15.9 Å². The summed E-state index contributed by atoms with van der Waals surface area (Å²) in [6.07, 6.45) is 7.12. The summed E-state index contributed by atoms with van der Waals surface area (Å²) in [6, 6.07) is -0.279. The number of aliphatic hydroxyl groups is 2. The number of aliphatic hydroxyl groups excluding tert-OH is 2. The summed E-state index contributed by atoms with van der Waals surface area (Å²) in [5, 5.41) is 19.8. The first-order valence-corrected chi connectivity index (χ1v) is 10.0. The first-order chi connectivity index (χ1) is 10.4. The molecule has 6 nitrogen and oxygen atoms in total. The SMILES string of the molecule is CCCCNS(=O)(=O)[C@H](O)[C@@H](O)C[C@H](N)CC1CCCCC1. The lowest BCUT2D eigenvalue weighted by molar-refractivity contribution is 0.0533. The highest BCUT2D eigenvalue weighted by Gasteiger charge is 2.31. The molecule has 132 valence electrons. The fourth-order valence-electron chi connectivity index (χ4n) is 3.06. The van der Waals surface area contributed by atoms with Crippen LogP contribution >= 0.6 is 0 Å². The second-order valence-corrected chi connectivity index (χ2v) is 8.35. The van der Waals surface area contributed by atoms with Gasteiger partial charge in [0.15, 0.2) is 5.44 Å². The Labute approximate surface area is 134 Å². The molecule has 0 bridgehead atoms. The van der Waals surface area contributed by atoms with Gasteiger partial charge in [-0.15, -0.1) is 0 Å². The lowest BCUT2D eigenvalue weighted by Gasteiger charge is -2.26. The lowest BCUT2D eigenvalue weighted by atomic mass is 9.84. The average molecular weight is 336 g/mol. The van der Waals surface area contributed by atoms with Crippen LogP contribution in [-0.4, -0.2) is 42.8 Å². The third kappa shape index (κ3) is 6.91. The van der Waals surface area contributed by atoms with Crippen LogP contribution in [0.1, 0.15) is 64.7 Å². The Morgan fingerprint density at radius 3 is 2.45 bits per heavy atom. The van der Waals surface area contributed by atoms with E-state index in [0.717, 1.165) is 25.7 Å². The quantitative estimate of drug-likeness (QED) is 0.446. The van der Waals surface area contributed by atoms with Crippen LogP contribution in [0.2, 0.25) is 0 Å². The molecule has 0 heterocycles. The maximum atomic E-state index is 11.9. The van der Waals surface area contributed by atoms with Gasteiger partial charge in [0.2, 0.25) is 10.0 Å². The number of nitrogens with one attached hydrogen (secondary N) is 1. The number of nitrogens with two attached hydrogens (primary N) is 1. The molecule has 0 amide bonds. The van der Waals surface area contributed by atoms with E-state index in [2.05, 4.69) is 4.72 Å². The van der Waals surface area contributed by atoms with Crippen LogP contribution in [0.4, 0.5) is 0 Å². The highest BCUT2D eigenvalue weighted by Crippen LogP contribution is 2.28. The van der Waals surface area contributed by atoms with E-state index >= 15 is 0 Å². The Hall–Kier alpha value is -0.210. The van der Waals surface area contributed by atoms with Crippen LogP contribution in [0.5, 0.6) is 0 Å². The topological polar surface area (TPSA) is 113 Å². The van der Waals surface area contributed by atoms with Gasteiger partial charge in [0.1, 0.15) is 0 Å². The number of rotatable bonds is 10. The van der Waals surface area contributed by atoms with Crippen molar-refractivity contribution in [1.29, 1.82) is 0 Å². The smallest absolute Gasteiger partial charge is 0.241 e. The second-order valence-electron chi connectivity index (χ2n) is 6.49. The van der Waals surface area contributed by atoms with Gasteiger partial charge in [0.25, 0.3) is 0 Å². The van der Waals surface area contributed by atoms with Gasteiger partial charge >= 0.3 is 0 Å². The molecule has 0 unspecified atom stereocenters. The highest BCUT2D eigenvalue weighted by molar-refractivity contribution is 7.89. The van der Waals surface area contributed by atoms with Crippen LogP contribution in [0.15, 0.2) is 0 Å². The molecule has 1 saturated carbocycles. The molecule has 0 aromatic heterocycles. The number of sulfonamides is 1. The van der Waals surface area contributed by atoms with Gasteiger partial charge in [-0.1, -0.05) is 45.4 Å². The summed E-state index contributed by atoms with van der Waals surface area (Å²) in [7, 11) is -3.91. The van der Waals surface area contributed by atoms with E-state index in [9.17, 15) is 18.6 Å². The largest absolute Gasteiger partial charge is 0.389 e. The average Bonchev–Trinajstić information content (AvgIpc) is 2.47. The molecule has 3 atom stereocenters. The molecule has 1 aliphatic carbocycles. The fourth-order valence-corrected chi connectivity index (χ4v) is 4.18. The molecular formula is C15H32N2O4S. The van der Waals surface area contributed by atoms with Crippen molar-refractivity contribution in [2.45, 2.75) is 82.3 Å². The Balaban J connectivity index is 2.39. The van der Waals surface area contributed by atoms with Gasteiger partial charge in [-0.3, -0.25) is 0 Å². The van der Waals surface area contributed by atoms with E-state index < -0.39 is 21.6 Å². The maximum absolute atomic E-state index is 11.9. The summed E-state index contributed by atoms with van der Waals surface area (Å²) in [4.78, 5) is 0. The molecule has 0 aliphatic heterocycles. The zero-order valence-electron chi connectivity index (χ0n) is 13.6. The zero-order valence-corrected chi connectivity index (χ0v) is 14.4. The van der Waals surface area contributed by atoms with E-state index in [1.165, 1.54) is 19.3 Å². The fraction of sp³-hybridized carbons (Fsp3) is 1.00. The maximum Gasteiger partial charge on any atom is 0.241 e. The molecule has 0 radical (unpaired) electrons. The molecule has 0 spiro atoms. The third-order valence-electron chi connectivity index (χ3n) is 4.39. The van der Waals surface area contributed by atoms with E-state index in [4.69, 9.17) is 5.73 Å². The predicted molar refractivity (Wildman–Crippen MR) is 87.6 cm³/mol. The van der Waals surface area contributed by atoms with Crippen molar-refractivity contribution in [2.24, 2.45) is 11.7 Å². The van der Waals surface area contributed by atoms with Crippen molar-refractivity contribution in [3.05, 3.63) is 0 Å². The van der Waals surface area contributed by atoms with Crippen LogP contribution in [0.25, 0.3) is 0 Å². The van der Waals surface area contributed by atoms with Crippen LogP contribution in [-0.2, 0) is 10.0 Å². The van der Waals surface area contributed by atoms with Gasteiger partial charge in [-0.2, -0.15) is 0 Å². The van der Waals surface area contributed by atoms with E-state index in [0.29, 0.717) is 12.3 Å². The summed E-state index contributed by atoms with van der Waals surface area (Å²) in [5.41, 5.74) is 4.20. The van der Waals surface area contributed by atoms with Crippen LogP contribution < -0.4 is 10.5 Å². The van der Waals surface area contributed by atoms with Crippen molar-refractivity contribution >= 4 is 10.0 Å². The van der Waals surface area contributed by atoms with Crippen LogP contribution in [0, 0.1) is 5.92 Å². The molecule has 0 aromatic carbocycles. The first-order valence-electron chi connectivity index (χ1n) is 8.47. The number of hydrogen-bond donors (Lipinski definition) is 4. The molecule has 0 aromatic rings. The number of hydrogen-bond acceptors (Lipinski definition) is 5. The third-order valence-corrected chi connectivity index (χ3v) is 5.94. The predicted octanol–water partition coefficient (Wildman–Crippen LogP) is 1.07. The second kappa shape index (κ2) is 9.82. The highest BCUT2D eigenvalue weighted by atomic mass is 32.2. The summed E-state index contributed by atoms with van der Waals surface area (Å²) < 4.78 is 26.0. The molecule has 22 heavy (non-hydrogen) atoms. The van der Waals surface area contributed by atoms with E-state index in [-0.39, 0.29) is 19.0 Å². The van der Waals surface area contributed by atoms with Crippen molar-refractivity contribution in [3.63, 3.8) is 0 Å². The van der Waals surface area contributed by atoms with E-state index in [1.54, 1.807) is 0 Å². The van der Waals surface area contributed by atoms with Gasteiger partial charge in [0, 0.05) is 12.6 Å². The van der Waals surface area contributed by atoms with Crippen LogP contribution in [0.3, 0.4) is 0 Å². The lowest BCUT2D eigenvalue weighted by Crippen LogP contribution is -2.44. The van der Waals surface area contributed by atoms with E-state index in [1.807, 2.05) is 6.92 Å². The minimum absolute atomic E-state index is 0.104. The van der Waals surface area contributed by atoms with Crippen molar-refractivity contribution < 1.29 is 18.6 Å². The van der Waals surface area contributed by atoms with Crippen molar-refractivity contribution in [2.75, 3.05) is 6.54 Å². The van der Waals surface area contributed by atoms with Crippen molar-refractivity contribution in [1.82, 2.24) is 4.72 Å². The molecular weight excluding hydrogens is 304 g/mol. The Morgan fingerprint density at radius 1 is 1.23 bits per heavy atom. The molecule has 1 rings (SSSR count). The molecule has 0 saturated heterocycles. The summed E-state index contributed by atoms with van der Waals surface area (Å²) in [6.45, 7) is 2.22. The van der Waals surface area contributed by atoms with Gasteiger partial charge in [-0.05, 0) is 25.2 Å². The molecule has 7 heteroatoms. The minimum Gasteiger partial charge on any atom is -0.389 e. The zero-order chi connectivity index (χ0) is 16.6. The minimum atomic E-state index is -3.91. The normalized spacial score (nSPS) is 21.5. The Morgan fingerprint density at radius 2 is 1.86 bits per heavy atom. The van der Waals surface area contributed by atoms with Crippen molar-refractivity contribution in [3.8, 4) is 0 Å². The monoisotopic (exact) mass is 336 g/mol. The summed E-state index contributed by atoms with van der Waals surface area (Å²) in [5.74, 6) is 0.562. The summed E-state index contributed by atoms with van der Waals surface area (Å²) >= 11 is 0. The standard InChI is InChI=1S/C15H32N2O4S/c1-2-3-9-17-22(20,21)15(19)14(18)11-13(16)10-12-7-5-4-6-8-12/h12-15,17-19H,2-11,16H2,1H3/t13-,14+,15+/m1/s1. The van der Waals surface area contributed by atoms with Gasteiger partial charge in [0.05, 0.1) is 6.10 Å². The number of unbranched alkanes of at least 4 members (excludes halogenated alkanes) is 1.